The Morgan fingerprint density at radius 3 is 2.39 bits per heavy atom. The predicted octanol–water partition coefficient (Wildman–Crippen LogP) is 2.30. The molecule has 0 fully saturated rings. The Morgan fingerprint density at radius 1 is 1.04 bits per heavy atom. The summed E-state index contributed by atoms with van der Waals surface area (Å²) >= 11 is 0. The lowest BCUT2D eigenvalue weighted by molar-refractivity contribution is -0.195. The van der Waals surface area contributed by atoms with Crippen LogP contribution in [0.5, 0.6) is 23.0 Å². The van der Waals surface area contributed by atoms with E-state index in [0.717, 1.165) is 0 Å². The lowest BCUT2D eigenvalue weighted by atomic mass is 9.91. The molecule has 0 spiro atoms. The first-order valence-electron chi connectivity index (χ1n) is 8.39. The van der Waals surface area contributed by atoms with E-state index in [1.54, 1.807) is 12.1 Å². The molecule has 0 atom stereocenters. The van der Waals surface area contributed by atoms with E-state index in [0.29, 0.717) is 50.8 Å². The van der Waals surface area contributed by atoms with Crippen molar-refractivity contribution >= 4 is 5.97 Å². The van der Waals surface area contributed by atoms with Crippen LogP contribution in [-0.2, 0) is 34.3 Å². The molecule has 0 amide bonds. The number of carbonyl (C=O) groups excluding carboxylic acids is 1. The topological polar surface area (TPSA) is 102 Å². The lowest BCUT2D eigenvalue weighted by Crippen LogP contribution is -2.07. The van der Waals surface area contributed by atoms with Crippen LogP contribution in [0.15, 0.2) is 12.1 Å². The summed E-state index contributed by atoms with van der Waals surface area (Å²) < 4.78 is 15.7. The molecule has 0 bridgehead atoms. The Kier molecular flexibility index (Phi) is 4.71. The van der Waals surface area contributed by atoms with Gasteiger partial charge in [0.05, 0.1) is 39.1 Å². The van der Waals surface area contributed by atoms with Crippen molar-refractivity contribution in [2.75, 3.05) is 21.3 Å². The van der Waals surface area contributed by atoms with Crippen molar-refractivity contribution in [3.63, 3.8) is 0 Å². The zero-order valence-corrected chi connectivity index (χ0v) is 15.5. The van der Waals surface area contributed by atoms with E-state index in [-0.39, 0.29) is 25.4 Å². The highest BCUT2D eigenvalue weighted by Crippen LogP contribution is 2.51. The number of hydrogen-bond acceptors (Lipinski definition) is 9. The molecule has 0 aliphatic carbocycles. The fourth-order valence-corrected chi connectivity index (χ4v) is 3.46. The number of aliphatic hydroxyl groups excluding tert-OH is 1. The average molecular weight is 390 g/mol. The molecular formula is C19H18O9. The third-order valence-electron chi connectivity index (χ3n) is 4.71. The van der Waals surface area contributed by atoms with Crippen LogP contribution in [-0.4, -0.2) is 32.4 Å². The first-order valence-corrected chi connectivity index (χ1v) is 8.39. The van der Waals surface area contributed by atoms with Crippen LogP contribution < -0.4 is 19.2 Å². The molecule has 28 heavy (non-hydrogen) atoms. The molecule has 2 aromatic carbocycles. The summed E-state index contributed by atoms with van der Waals surface area (Å²) in [7, 11) is 4.25. The molecule has 2 heterocycles. The van der Waals surface area contributed by atoms with Crippen LogP contribution in [0.3, 0.4) is 0 Å². The summed E-state index contributed by atoms with van der Waals surface area (Å²) in [6.45, 7) is -0.0468. The van der Waals surface area contributed by atoms with Crippen molar-refractivity contribution in [1.82, 2.24) is 0 Å². The summed E-state index contributed by atoms with van der Waals surface area (Å²) in [4.78, 5) is 33.4. The molecule has 9 heteroatoms. The van der Waals surface area contributed by atoms with Gasteiger partial charge in [-0.15, -0.1) is 0 Å². The molecule has 4 rings (SSSR count). The first kappa shape index (κ1) is 18.4. The van der Waals surface area contributed by atoms with Crippen molar-refractivity contribution in [3.05, 3.63) is 34.4 Å². The van der Waals surface area contributed by atoms with Crippen LogP contribution in [0.1, 0.15) is 27.0 Å². The normalized spacial score (nSPS) is 14.0. The van der Waals surface area contributed by atoms with E-state index in [4.69, 9.17) is 33.8 Å². The fraction of sp³-hybridized carbons (Fsp3) is 0.316. The summed E-state index contributed by atoms with van der Waals surface area (Å²) in [6.07, 6.45) is 0. The quantitative estimate of drug-likeness (QED) is 0.608. The van der Waals surface area contributed by atoms with E-state index in [9.17, 15) is 9.90 Å². The van der Waals surface area contributed by atoms with Crippen LogP contribution >= 0.6 is 0 Å². The number of benzene rings is 2. The van der Waals surface area contributed by atoms with Gasteiger partial charge in [-0.2, -0.15) is 9.78 Å². The molecular weight excluding hydrogens is 372 g/mol. The molecule has 0 saturated carbocycles. The number of rotatable bonds is 5. The van der Waals surface area contributed by atoms with E-state index in [1.807, 2.05) is 0 Å². The maximum absolute atomic E-state index is 12.4. The van der Waals surface area contributed by atoms with Crippen LogP contribution in [0.4, 0.5) is 0 Å². The predicted molar refractivity (Wildman–Crippen MR) is 93.1 cm³/mol. The molecule has 0 unspecified atom stereocenters. The second-order valence-electron chi connectivity index (χ2n) is 6.07. The molecule has 0 aromatic heterocycles. The number of carbonyl (C=O) groups is 1. The highest BCUT2D eigenvalue weighted by Gasteiger charge is 2.34. The maximum Gasteiger partial charge on any atom is 0.341 e. The Hall–Kier alpha value is -3.01. The Labute approximate surface area is 160 Å². The third kappa shape index (κ3) is 2.63. The van der Waals surface area contributed by atoms with Crippen LogP contribution in [0, 0.1) is 0 Å². The molecule has 0 saturated heterocycles. The number of fused-ring (bicyclic) bond motifs is 2. The van der Waals surface area contributed by atoms with E-state index < -0.39 is 5.97 Å². The molecule has 2 aromatic rings. The number of ether oxygens (including phenoxy) is 3. The minimum atomic E-state index is -0.583. The summed E-state index contributed by atoms with van der Waals surface area (Å²) in [6, 6.07) is 3.25. The minimum absolute atomic E-state index is 0.0838. The zero-order valence-electron chi connectivity index (χ0n) is 15.5. The van der Waals surface area contributed by atoms with Crippen molar-refractivity contribution in [1.29, 1.82) is 0 Å². The van der Waals surface area contributed by atoms with Crippen molar-refractivity contribution in [3.8, 4) is 34.1 Å². The smallest absolute Gasteiger partial charge is 0.341 e. The summed E-state index contributed by atoms with van der Waals surface area (Å²) in [5.41, 5.74) is 2.90. The van der Waals surface area contributed by atoms with Gasteiger partial charge in [0.2, 0.25) is 0 Å². The van der Waals surface area contributed by atoms with Crippen LogP contribution in [0.25, 0.3) is 11.1 Å². The second kappa shape index (κ2) is 7.19. The molecule has 2 aliphatic rings. The van der Waals surface area contributed by atoms with Gasteiger partial charge in [0.1, 0.15) is 30.3 Å². The monoisotopic (exact) mass is 390 g/mol. The highest BCUT2D eigenvalue weighted by molar-refractivity contribution is 5.97. The van der Waals surface area contributed by atoms with Gasteiger partial charge in [-0.1, -0.05) is 0 Å². The summed E-state index contributed by atoms with van der Waals surface area (Å²) in [5.74, 6) is 0.983. The standard InChI is InChI=1S/C19H18O9/c1-22-14-4-9(6-20)15(18-12(14)7-25-28-18)10-5-11(19(21)24-3)16(23-2)13-8-26-27-17(10)13/h4-5,20H,6-8H2,1-3H3. The van der Waals surface area contributed by atoms with Crippen molar-refractivity contribution in [2.45, 2.75) is 19.8 Å². The number of esters is 1. The minimum Gasteiger partial charge on any atom is -0.496 e. The second-order valence-corrected chi connectivity index (χ2v) is 6.07. The first-order chi connectivity index (χ1) is 13.6. The molecule has 0 radical (unpaired) electrons. The Balaban J connectivity index is 2.05. The van der Waals surface area contributed by atoms with Gasteiger partial charge < -0.3 is 29.1 Å². The van der Waals surface area contributed by atoms with E-state index >= 15 is 0 Å². The van der Waals surface area contributed by atoms with Gasteiger partial charge in [-0.05, 0) is 17.7 Å². The average Bonchev–Trinajstić information content (AvgIpc) is 3.40. The number of aliphatic hydroxyl groups is 1. The van der Waals surface area contributed by atoms with Gasteiger partial charge in [0.25, 0.3) is 0 Å². The zero-order chi connectivity index (χ0) is 19.8. The molecule has 1 N–H and O–H groups in total. The fourth-order valence-electron chi connectivity index (χ4n) is 3.46. The maximum atomic E-state index is 12.4. The Morgan fingerprint density at radius 2 is 1.75 bits per heavy atom. The largest absolute Gasteiger partial charge is 0.496 e. The molecule has 2 aliphatic heterocycles. The summed E-state index contributed by atoms with van der Waals surface area (Å²) in [5, 5.41) is 9.96. The third-order valence-corrected chi connectivity index (χ3v) is 4.71. The van der Waals surface area contributed by atoms with Gasteiger partial charge in [-0.25, -0.2) is 4.79 Å². The SMILES string of the molecule is COC(=O)c1cc(-c2c(CO)cc(OC)c3c2OOC3)c2c(c1OC)COO2. The van der Waals surface area contributed by atoms with Crippen molar-refractivity contribution in [2.24, 2.45) is 0 Å². The van der Waals surface area contributed by atoms with Gasteiger partial charge >= 0.3 is 5.97 Å². The number of hydrogen-bond donors (Lipinski definition) is 1. The van der Waals surface area contributed by atoms with Gasteiger partial charge in [0, 0.05) is 11.1 Å². The highest BCUT2D eigenvalue weighted by atomic mass is 17.2. The lowest BCUT2D eigenvalue weighted by Gasteiger charge is -2.18. The van der Waals surface area contributed by atoms with E-state index in [2.05, 4.69) is 0 Å². The van der Waals surface area contributed by atoms with Crippen molar-refractivity contribution < 1.29 is 43.7 Å². The van der Waals surface area contributed by atoms with Crippen LogP contribution in [0.2, 0.25) is 0 Å². The van der Waals surface area contributed by atoms with Gasteiger partial charge in [-0.3, -0.25) is 0 Å². The number of methoxy groups -OCH3 is 3. The van der Waals surface area contributed by atoms with Gasteiger partial charge in [0.15, 0.2) is 11.5 Å². The molecule has 9 nitrogen and oxygen atoms in total. The van der Waals surface area contributed by atoms with E-state index in [1.165, 1.54) is 21.3 Å². The molecule has 148 valence electrons. The Bertz CT molecular complexity index is 951.